The minimum absolute atomic E-state index is 0. The third-order valence-corrected chi connectivity index (χ3v) is 6.57. The minimum Gasteiger partial charge on any atom is -1.00 e. The molecule has 2 aromatic rings. The first-order valence-corrected chi connectivity index (χ1v) is 14.7. The monoisotopic (exact) mass is 713 g/mol. The number of hydrogen-bond acceptors (Lipinski definition) is 2. The fraction of sp³-hybridized carbons (Fsp3) is 0.444. The van der Waals surface area contributed by atoms with E-state index < -0.39 is 0 Å². The Balaban J connectivity index is -0.000000662. The van der Waals surface area contributed by atoms with Crippen molar-refractivity contribution in [2.45, 2.75) is 81.1 Å². The Morgan fingerprint density at radius 3 is 1.21 bits per heavy atom. The predicted molar refractivity (Wildman–Crippen MR) is 179 cm³/mol. The Hall–Kier alpha value is -1.84. The summed E-state index contributed by atoms with van der Waals surface area (Å²) in [7, 11) is 0. The van der Waals surface area contributed by atoms with E-state index in [1.54, 1.807) is 0 Å². The first kappa shape index (κ1) is 45.6. The quantitative estimate of drug-likeness (QED) is 0.331. The molecule has 2 aromatic carbocycles. The zero-order chi connectivity index (χ0) is 30.1. The van der Waals surface area contributed by atoms with Crippen molar-refractivity contribution >= 4 is 11.4 Å². The van der Waals surface area contributed by atoms with Gasteiger partial charge >= 0.3 is 19.5 Å². The molecule has 0 amide bonds. The molecule has 1 heterocycles. The van der Waals surface area contributed by atoms with Crippen LogP contribution in [-0.2, 0) is 19.5 Å². The Bertz CT molecular complexity index is 981. The van der Waals surface area contributed by atoms with Gasteiger partial charge in [-0.15, -0.1) is 12.2 Å². The number of halogens is 2. The molecule has 1 aliphatic heterocycles. The molecule has 2 N–H and O–H groups in total. The van der Waals surface area contributed by atoms with E-state index in [-0.39, 0.29) is 44.3 Å². The summed E-state index contributed by atoms with van der Waals surface area (Å²) in [5.74, 6) is 0. The smallest absolute Gasteiger partial charge is 1.00 e. The van der Waals surface area contributed by atoms with Crippen LogP contribution in [0.5, 0.6) is 0 Å². The Morgan fingerprint density at radius 2 is 1.00 bits per heavy atom. The van der Waals surface area contributed by atoms with Crippen molar-refractivity contribution in [3.05, 3.63) is 119 Å². The third-order valence-electron chi connectivity index (χ3n) is 6.57. The summed E-state index contributed by atoms with van der Waals surface area (Å²) in [6.45, 7) is 28.3. The van der Waals surface area contributed by atoms with Gasteiger partial charge in [0.1, 0.15) is 6.67 Å². The number of hydrogen-bond donors (Lipinski definition) is 0. The van der Waals surface area contributed by atoms with Crippen LogP contribution in [-0.4, -0.2) is 26.2 Å². The Labute approximate surface area is 290 Å². The van der Waals surface area contributed by atoms with Gasteiger partial charge in [-0.1, -0.05) is 81.5 Å². The van der Waals surface area contributed by atoms with Gasteiger partial charge in [0, 0.05) is 24.5 Å². The molecule has 0 bridgehead atoms. The van der Waals surface area contributed by atoms with E-state index in [1.807, 2.05) is 30.7 Å². The first-order chi connectivity index (χ1) is 19.1. The Morgan fingerprint density at radius 1 is 0.674 bits per heavy atom. The molecule has 0 unspecified atom stereocenters. The van der Waals surface area contributed by atoms with Gasteiger partial charge < -0.3 is 46.1 Å². The van der Waals surface area contributed by atoms with Crippen molar-refractivity contribution in [3.8, 4) is 0 Å². The van der Waals surface area contributed by atoms with Crippen LogP contribution in [0, 0.1) is 61.2 Å². The van der Waals surface area contributed by atoms with Crippen molar-refractivity contribution in [2.24, 2.45) is 0 Å². The molecular formula is C36H53Cl2N4Ru. The zero-order valence-corrected chi connectivity index (χ0v) is 30.8. The van der Waals surface area contributed by atoms with E-state index in [0.29, 0.717) is 13.1 Å². The van der Waals surface area contributed by atoms with Gasteiger partial charge in [0.15, 0.2) is 0 Å². The fourth-order valence-electron chi connectivity index (χ4n) is 4.90. The van der Waals surface area contributed by atoms with Gasteiger partial charge in [-0.05, 0) is 69.4 Å². The van der Waals surface area contributed by atoms with Crippen LogP contribution in [0.25, 0.3) is 11.5 Å². The number of nitrogens with one attached hydrogen (secondary N) is 2. The SMILES string of the molecule is CCCC[NH-].CCCC[NH-].Cc1cc(C)c(N2[CH]N(c3c(C)cc(C)cc3C)CC2)c(C)c1.[CH+]=C1C=C[CH-]C=C1.[Cl-].[Cl-].[Ru+4]. The summed E-state index contributed by atoms with van der Waals surface area (Å²) in [6.07, 6.45) is 13.9. The van der Waals surface area contributed by atoms with E-state index in [2.05, 4.69) is 96.1 Å². The molecule has 0 spiro atoms. The number of rotatable bonds is 6. The van der Waals surface area contributed by atoms with E-state index in [9.17, 15) is 0 Å². The average Bonchev–Trinajstić information content (AvgIpc) is 3.34. The minimum atomic E-state index is 0. The van der Waals surface area contributed by atoms with Crippen molar-refractivity contribution in [3.63, 3.8) is 0 Å². The molecule has 0 saturated carbocycles. The average molecular weight is 714 g/mol. The molecule has 1 saturated heterocycles. The van der Waals surface area contributed by atoms with Crippen LogP contribution < -0.4 is 34.6 Å². The standard InChI is InChI=1S/C21H27N2.C7H6.2C4H10N.2ClH.Ru/c1-14-9-16(3)20(17(4)10-14)22-7-8-23(13-22)21-18(5)11-15(2)12-19(21)6;1-7-5-3-2-4-6-7;2*1-2-3-4-5;;;/h9-13H,7-8H2,1-6H3;1-6H;2*5H,2-4H2,1H3;2*1H;/q;;2*-1;;;+4/p-2. The van der Waals surface area contributed by atoms with Crippen LogP contribution in [0.1, 0.15) is 72.9 Å². The van der Waals surface area contributed by atoms with Crippen LogP contribution >= 0.6 is 0 Å². The normalized spacial score (nSPS) is 12.5. The van der Waals surface area contributed by atoms with Crippen LogP contribution in [0.3, 0.4) is 0 Å². The topological polar surface area (TPSA) is 54.1 Å². The van der Waals surface area contributed by atoms with Gasteiger partial charge in [0.25, 0.3) is 0 Å². The van der Waals surface area contributed by atoms with Crippen LogP contribution in [0.2, 0.25) is 0 Å². The van der Waals surface area contributed by atoms with E-state index in [0.717, 1.165) is 44.3 Å². The number of anilines is 2. The molecule has 1 aliphatic carbocycles. The van der Waals surface area contributed by atoms with Gasteiger partial charge in [-0.25, -0.2) is 0 Å². The van der Waals surface area contributed by atoms with Crippen LogP contribution in [0.15, 0.2) is 54.1 Å². The van der Waals surface area contributed by atoms with Crippen molar-refractivity contribution in [1.82, 2.24) is 0 Å². The number of allylic oxidation sites excluding steroid dienone is 5. The van der Waals surface area contributed by atoms with Crippen LogP contribution in [0.4, 0.5) is 11.4 Å². The molecule has 43 heavy (non-hydrogen) atoms. The van der Waals surface area contributed by atoms with E-state index in [4.69, 9.17) is 18.0 Å². The maximum Gasteiger partial charge on any atom is 4.00 e. The van der Waals surface area contributed by atoms with Gasteiger partial charge in [0.05, 0.1) is 0 Å². The van der Waals surface area contributed by atoms with Gasteiger partial charge in [0.2, 0.25) is 0 Å². The summed E-state index contributed by atoms with van der Waals surface area (Å²) in [5.41, 5.74) is 24.9. The zero-order valence-electron chi connectivity index (χ0n) is 27.5. The molecular weight excluding hydrogens is 660 g/mol. The number of aryl methyl sites for hydroxylation is 6. The van der Waals surface area contributed by atoms with Crippen molar-refractivity contribution < 1.29 is 44.3 Å². The molecule has 1 radical (unpaired) electrons. The fourth-order valence-corrected chi connectivity index (χ4v) is 4.90. The molecule has 0 atom stereocenters. The Kier molecular flexibility index (Phi) is 27.0. The van der Waals surface area contributed by atoms with Gasteiger partial charge in [-0.3, -0.25) is 0 Å². The molecule has 2 aliphatic rings. The molecule has 0 aromatic heterocycles. The summed E-state index contributed by atoms with van der Waals surface area (Å²) in [4.78, 5) is 4.81. The molecule has 4 rings (SSSR count). The largest absolute Gasteiger partial charge is 4.00 e. The van der Waals surface area contributed by atoms with Gasteiger partial charge in [-0.2, -0.15) is 31.7 Å². The summed E-state index contributed by atoms with van der Waals surface area (Å²) < 4.78 is 0. The second kappa shape index (κ2) is 25.5. The molecule has 7 heteroatoms. The maximum atomic E-state index is 6.60. The third kappa shape index (κ3) is 16.7. The summed E-state index contributed by atoms with van der Waals surface area (Å²) in [6, 6.07) is 9.12. The van der Waals surface area contributed by atoms with E-state index in [1.165, 1.54) is 44.8 Å². The maximum absolute atomic E-state index is 6.60. The number of unbranched alkanes of at least 4 members (excludes halogenated alkanes) is 2. The second-order valence-electron chi connectivity index (χ2n) is 10.6. The molecule has 239 valence electrons. The second-order valence-corrected chi connectivity index (χ2v) is 10.6. The molecule has 1 fully saturated rings. The predicted octanol–water partition coefficient (Wildman–Crippen LogP) is 4.34. The number of benzene rings is 2. The van der Waals surface area contributed by atoms with E-state index >= 15 is 0 Å². The summed E-state index contributed by atoms with van der Waals surface area (Å²) >= 11 is 0. The summed E-state index contributed by atoms with van der Waals surface area (Å²) in [5, 5.41) is 0. The first-order valence-electron chi connectivity index (χ1n) is 14.7. The van der Waals surface area contributed by atoms with Crippen molar-refractivity contribution in [1.29, 1.82) is 0 Å². The number of nitrogens with zero attached hydrogens (tertiary/aromatic N) is 2. The molecule has 4 nitrogen and oxygen atoms in total. The van der Waals surface area contributed by atoms with Crippen molar-refractivity contribution in [2.75, 3.05) is 36.0 Å².